The van der Waals surface area contributed by atoms with Crippen molar-refractivity contribution in [2.45, 2.75) is 12.8 Å². The van der Waals surface area contributed by atoms with Crippen LogP contribution in [0.2, 0.25) is 0 Å². The van der Waals surface area contributed by atoms with Crippen LogP contribution in [0.15, 0.2) is 29.4 Å². The molecule has 0 fully saturated rings. The van der Waals surface area contributed by atoms with Gasteiger partial charge in [-0.05, 0) is 58.7 Å². The molecule has 0 spiro atoms. The molecule has 0 aliphatic rings. The predicted molar refractivity (Wildman–Crippen MR) is 77.4 cm³/mol. The third-order valence-electron chi connectivity index (χ3n) is 2.51. The van der Waals surface area contributed by atoms with E-state index >= 15 is 0 Å². The molecule has 1 N–H and O–H groups in total. The molecule has 1 aromatic heterocycles. The molecular weight excluding hydrogens is 224 g/mol. The van der Waals surface area contributed by atoms with E-state index in [1.165, 1.54) is 6.42 Å². The van der Waals surface area contributed by atoms with Crippen LogP contribution < -0.4 is 5.32 Å². The molecule has 4 heteroatoms. The Bertz CT molecular complexity index is 322. The van der Waals surface area contributed by atoms with Gasteiger partial charge in [-0.15, -0.1) is 0 Å². The number of nitrogens with zero attached hydrogens (tertiary/aromatic N) is 3. The van der Waals surface area contributed by atoms with Crippen molar-refractivity contribution in [3.63, 3.8) is 0 Å². The summed E-state index contributed by atoms with van der Waals surface area (Å²) in [6, 6.07) is 5.85. The van der Waals surface area contributed by atoms with Crippen molar-refractivity contribution in [1.82, 2.24) is 15.2 Å². The molecule has 4 nitrogen and oxygen atoms in total. The third kappa shape index (κ3) is 7.92. The van der Waals surface area contributed by atoms with Crippen LogP contribution in [0.5, 0.6) is 0 Å². The van der Waals surface area contributed by atoms with Gasteiger partial charge in [0.2, 0.25) is 0 Å². The van der Waals surface area contributed by atoms with Gasteiger partial charge in [0, 0.05) is 19.0 Å². The van der Waals surface area contributed by atoms with E-state index in [1.54, 1.807) is 6.20 Å². The minimum absolute atomic E-state index is 0.858. The number of aliphatic imine (C=N–C) groups is 1. The molecule has 1 rings (SSSR count). The van der Waals surface area contributed by atoms with Gasteiger partial charge in [-0.1, -0.05) is 6.07 Å². The van der Waals surface area contributed by atoms with Gasteiger partial charge in [0.1, 0.15) is 0 Å². The lowest BCUT2D eigenvalue weighted by molar-refractivity contribution is 0.394. The number of pyridine rings is 1. The van der Waals surface area contributed by atoms with Crippen molar-refractivity contribution in [3.8, 4) is 0 Å². The second kappa shape index (κ2) is 9.74. The summed E-state index contributed by atoms with van der Waals surface area (Å²) in [4.78, 5) is 10.7. The van der Waals surface area contributed by atoms with Crippen LogP contribution in [0.4, 0.5) is 0 Å². The van der Waals surface area contributed by atoms with E-state index in [0.717, 1.165) is 38.3 Å². The Kier molecular flexibility index (Phi) is 8.01. The van der Waals surface area contributed by atoms with Crippen LogP contribution in [-0.4, -0.2) is 56.4 Å². The standard InChI is InChI=1S/C14H24N4/c1-18(2)12-6-10-15-8-5-9-16-13-14-7-3-4-11-17-14/h3-4,7,11,13,15H,5-6,8-10,12H2,1-2H3. The van der Waals surface area contributed by atoms with E-state index in [-0.39, 0.29) is 0 Å². The number of hydrogen-bond acceptors (Lipinski definition) is 4. The summed E-state index contributed by atoms with van der Waals surface area (Å²) in [5, 5.41) is 3.42. The first-order valence-corrected chi connectivity index (χ1v) is 6.55. The smallest absolute Gasteiger partial charge is 0.0807 e. The fourth-order valence-corrected chi connectivity index (χ4v) is 1.55. The quantitative estimate of drug-likeness (QED) is 0.531. The lowest BCUT2D eigenvalue weighted by atomic mass is 10.3. The molecule has 1 heterocycles. The lowest BCUT2D eigenvalue weighted by Gasteiger charge is -2.09. The van der Waals surface area contributed by atoms with Gasteiger partial charge in [0.25, 0.3) is 0 Å². The highest BCUT2D eigenvalue weighted by molar-refractivity contribution is 5.76. The Morgan fingerprint density at radius 2 is 2.11 bits per heavy atom. The summed E-state index contributed by atoms with van der Waals surface area (Å²) < 4.78 is 0. The normalized spacial score (nSPS) is 11.5. The monoisotopic (exact) mass is 248 g/mol. The molecule has 0 aliphatic carbocycles. The Labute approximate surface area is 110 Å². The molecule has 100 valence electrons. The van der Waals surface area contributed by atoms with Crippen LogP contribution in [0.25, 0.3) is 0 Å². The molecule has 0 unspecified atom stereocenters. The van der Waals surface area contributed by atoms with Gasteiger partial charge in [0.05, 0.1) is 5.69 Å². The van der Waals surface area contributed by atoms with Crippen molar-refractivity contribution < 1.29 is 0 Å². The molecule has 0 aliphatic heterocycles. The second-order valence-electron chi connectivity index (χ2n) is 4.55. The van der Waals surface area contributed by atoms with Crippen molar-refractivity contribution in [2.24, 2.45) is 4.99 Å². The molecular formula is C14H24N4. The molecule has 0 bridgehead atoms. The number of nitrogens with one attached hydrogen (secondary N) is 1. The minimum atomic E-state index is 0.858. The Hall–Kier alpha value is -1.26. The SMILES string of the molecule is CN(C)CCCNCCCN=Cc1ccccn1. The summed E-state index contributed by atoms with van der Waals surface area (Å²) in [6.45, 7) is 4.12. The fraction of sp³-hybridized carbons (Fsp3) is 0.571. The van der Waals surface area contributed by atoms with Crippen LogP contribution in [0.1, 0.15) is 18.5 Å². The highest BCUT2D eigenvalue weighted by Gasteiger charge is 1.91. The maximum atomic E-state index is 4.35. The van der Waals surface area contributed by atoms with Crippen molar-refractivity contribution >= 4 is 6.21 Å². The van der Waals surface area contributed by atoms with Gasteiger partial charge in [-0.25, -0.2) is 0 Å². The number of aromatic nitrogens is 1. The van der Waals surface area contributed by atoms with Gasteiger partial charge in [-0.2, -0.15) is 0 Å². The van der Waals surface area contributed by atoms with E-state index in [1.807, 2.05) is 24.4 Å². The topological polar surface area (TPSA) is 40.5 Å². The zero-order chi connectivity index (χ0) is 13.1. The molecule has 0 saturated heterocycles. The summed E-state index contributed by atoms with van der Waals surface area (Å²) in [5.74, 6) is 0. The molecule has 0 saturated carbocycles. The fourth-order valence-electron chi connectivity index (χ4n) is 1.55. The van der Waals surface area contributed by atoms with Gasteiger partial charge in [0.15, 0.2) is 0 Å². The highest BCUT2D eigenvalue weighted by atomic mass is 15.1. The highest BCUT2D eigenvalue weighted by Crippen LogP contribution is 1.89. The second-order valence-corrected chi connectivity index (χ2v) is 4.55. The zero-order valence-electron chi connectivity index (χ0n) is 11.5. The van der Waals surface area contributed by atoms with Gasteiger partial charge >= 0.3 is 0 Å². The Morgan fingerprint density at radius 1 is 1.28 bits per heavy atom. The van der Waals surface area contributed by atoms with Gasteiger partial charge in [-0.3, -0.25) is 9.98 Å². The van der Waals surface area contributed by atoms with Crippen LogP contribution >= 0.6 is 0 Å². The maximum Gasteiger partial charge on any atom is 0.0807 e. The first-order chi connectivity index (χ1) is 8.79. The Morgan fingerprint density at radius 3 is 2.83 bits per heavy atom. The first kappa shape index (κ1) is 14.8. The summed E-state index contributed by atoms with van der Waals surface area (Å²) >= 11 is 0. The molecule has 0 radical (unpaired) electrons. The Balaban J connectivity index is 1.94. The van der Waals surface area contributed by atoms with Gasteiger partial charge < -0.3 is 10.2 Å². The van der Waals surface area contributed by atoms with Crippen molar-refractivity contribution in [3.05, 3.63) is 30.1 Å². The van der Waals surface area contributed by atoms with E-state index in [4.69, 9.17) is 0 Å². The predicted octanol–water partition coefficient (Wildman–Crippen LogP) is 1.43. The summed E-state index contributed by atoms with van der Waals surface area (Å²) in [5.41, 5.74) is 0.927. The summed E-state index contributed by atoms with van der Waals surface area (Å²) in [7, 11) is 4.21. The number of rotatable bonds is 9. The van der Waals surface area contributed by atoms with E-state index < -0.39 is 0 Å². The average Bonchev–Trinajstić information content (AvgIpc) is 2.37. The molecule has 0 aromatic carbocycles. The summed E-state index contributed by atoms with van der Waals surface area (Å²) in [6.07, 6.45) is 5.90. The molecule has 1 aromatic rings. The van der Waals surface area contributed by atoms with E-state index in [2.05, 4.69) is 34.3 Å². The van der Waals surface area contributed by atoms with E-state index in [9.17, 15) is 0 Å². The van der Waals surface area contributed by atoms with Crippen LogP contribution in [-0.2, 0) is 0 Å². The first-order valence-electron chi connectivity index (χ1n) is 6.55. The minimum Gasteiger partial charge on any atom is -0.317 e. The van der Waals surface area contributed by atoms with E-state index in [0.29, 0.717) is 0 Å². The third-order valence-corrected chi connectivity index (χ3v) is 2.51. The van der Waals surface area contributed by atoms with Crippen molar-refractivity contribution in [2.75, 3.05) is 40.3 Å². The average molecular weight is 248 g/mol. The zero-order valence-corrected chi connectivity index (χ0v) is 11.5. The maximum absolute atomic E-state index is 4.35. The largest absolute Gasteiger partial charge is 0.317 e. The lowest BCUT2D eigenvalue weighted by Crippen LogP contribution is -2.22. The molecule has 0 atom stereocenters. The molecule has 0 amide bonds. The van der Waals surface area contributed by atoms with Crippen LogP contribution in [0, 0.1) is 0 Å². The van der Waals surface area contributed by atoms with Crippen molar-refractivity contribution in [1.29, 1.82) is 0 Å². The van der Waals surface area contributed by atoms with Crippen LogP contribution in [0.3, 0.4) is 0 Å². The molecule has 18 heavy (non-hydrogen) atoms. The number of hydrogen-bond donors (Lipinski definition) is 1.